The minimum Gasteiger partial charge on any atom is -0.368 e. The van der Waals surface area contributed by atoms with Gasteiger partial charge in [0.25, 0.3) is 0 Å². The normalized spacial score (nSPS) is 15.6. The van der Waals surface area contributed by atoms with Gasteiger partial charge in [-0.3, -0.25) is 0 Å². The fourth-order valence-electron chi connectivity index (χ4n) is 2.68. The maximum Gasteiger partial charge on any atom is 0.241 e. The number of pyridine rings is 1. The number of benzene rings is 1. The second kappa shape index (κ2) is 6.96. The summed E-state index contributed by atoms with van der Waals surface area (Å²) in [5, 5.41) is 0.734. The molecule has 0 atom stereocenters. The molecule has 6 nitrogen and oxygen atoms in total. The number of nitrogens with zero attached hydrogens (tertiary/aromatic N) is 3. The van der Waals surface area contributed by atoms with Crippen molar-refractivity contribution in [2.24, 2.45) is 0 Å². The molecule has 1 saturated heterocycles. The highest BCUT2D eigenvalue weighted by atomic mass is 35.5. The SMILES string of the molecule is CNS(=O)(=O)c1ccc(N2CCN(c3ccc(Cl)cc3)CC2)nc1. The molecule has 0 spiro atoms. The third-order valence-corrected chi connectivity index (χ3v) is 5.75. The van der Waals surface area contributed by atoms with E-state index < -0.39 is 10.0 Å². The predicted molar refractivity (Wildman–Crippen MR) is 96.4 cm³/mol. The summed E-state index contributed by atoms with van der Waals surface area (Å²) in [6.07, 6.45) is 1.40. The summed E-state index contributed by atoms with van der Waals surface area (Å²) in [6, 6.07) is 11.2. The van der Waals surface area contributed by atoms with Crippen LogP contribution in [-0.4, -0.2) is 46.6 Å². The van der Waals surface area contributed by atoms with Crippen LogP contribution >= 0.6 is 11.6 Å². The van der Waals surface area contributed by atoms with Gasteiger partial charge in [0, 0.05) is 43.1 Å². The minimum atomic E-state index is -3.44. The van der Waals surface area contributed by atoms with Crippen molar-refractivity contribution in [3.05, 3.63) is 47.6 Å². The van der Waals surface area contributed by atoms with E-state index >= 15 is 0 Å². The molecule has 128 valence electrons. The van der Waals surface area contributed by atoms with Crippen LogP contribution in [0, 0.1) is 0 Å². The Morgan fingerprint density at radius 2 is 1.62 bits per heavy atom. The largest absolute Gasteiger partial charge is 0.368 e. The molecule has 8 heteroatoms. The fourth-order valence-corrected chi connectivity index (χ4v) is 3.48. The van der Waals surface area contributed by atoms with E-state index in [0.717, 1.165) is 42.7 Å². The molecule has 3 rings (SSSR count). The summed E-state index contributed by atoms with van der Waals surface area (Å²) in [6.45, 7) is 3.40. The standard InChI is InChI=1S/C16H19ClN4O2S/c1-18-24(22,23)15-6-7-16(19-12-15)21-10-8-20(9-11-21)14-4-2-13(17)3-5-14/h2-7,12,18H,8-11H2,1H3. The fraction of sp³-hybridized carbons (Fsp3) is 0.312. The first-order valence-corrected chi connectivity index (χ1v) is 9.51. The highest BCUT2D eigenvalue weighted by Gasteiger charge is 2.19. The zero-order chi connectivity index (χ0) is 17.2. The molecule has 2 aromatic rings. The number of sulfonamides is 1. The van der Waals surface area contributed by atoms with E-state index in [1.54, 1.807) is 12.1 Å². The third kappa shape index (κ3) is 3.63. The summed E-state index contributed by atoms with van der Waals surface area (Å²) in [4.78, 5) is 8.92. The number of hydrogen-bond donors (Lipinski definition) is 1. The third-order valence-electron chi connectivity index (χ3n) is 4.10. The van der Waals surface area contributed by atoms with Crippen LogP contribution in [0.2, 0.25) is 5.02 Å². The molecular weight excluding hydrogens is 348 g/mol. The number of rotatable bonds is 4. The molecule has 1 aromatic heterocycles. The van der Waals surface area contributed by atoms with E-state index in [9.17, 15) is 8.42 Å². The van der Waals surface area contributed by atoms with Gasteiger partial charge in [-0.25, -0.2) is 18.1 Å². The van der Waals surface area contributed by atoms with Crippen molar-refractivity contribution < 1.29 is 8.42 Å². The molecule has 0 radical (unpaired) electrons. The van der Waals surface area contributed by atoms with Gasteiger partial charge in [0.2, 0.25) is 10.0 Å². The lowest BCUT2D eigenvalue weighted by molar-refractivity contribution is 0.587. The molecule has 1 aliphatic rings. The van der Waals surface area contributed by atoms with Gasteiger partial charge in [0.15, 0.2) is 0 Å². The van der Waals surface area contributed by atoms with Crippen LogP contribution in [0.15, 0.2) is 47.5 Å². The molecular formula is C16H19ClN4O2S. The lowest BCUT2D eigenvalue weighted by Crippen LogP contribution is -2.46. The Labute approximate surface area is 147 Å². The van der Waals surface area contributed by atoms with Crippen molar-refractivity contribution in [1.29, 1.82) is 0 Å². The average molecular weight is 367 g/mol. The van der Waals surface area contributed by atoms with Crippen molar-refractivity contribution in [3.8, 4) is 0 Å². The minimum absolute atomic E-state index is 0.175. The Balaban J connectivity index is 1.65. The zero-order valence-electron chi connectivity index (χ0n) is 13.3. The predicted octanol–water partition coefficient (Wildman–Crippen LogP) is 1.97. The van der Waals surface area contributed by atoms with Gasteiger partial charge >= 0.3 is 0 Å². The molecule has 1 aliphatic heterocycles. The molecule has 1 fully saturated rings. The summed E-state index contributed by atoms with van der Waals surface area (Å²) < 4.78 is 25.8. The van der Waals surface area contributed by atoms with Gasteiger partial charge in [-0.1, -0.05) is 11.6 Å². The molecule has 0 bridgehead atoms. The average Bonchev–Trinajstić information content (AvgIpc) is 2.63. The molecule has 1 aromatic carbocycles. The molecule has 24 heavy (non-hydrogen) atoms. The van der Waals surface area contributed by atoms with Crippen LogP contribution < -0.4 is 14.5 Å². The van der Waals surface area contributed by atoms with Crippen LogP contribution in [0.5, 0.6) is 0 Å². The Bertz CT molecular complexity index is 786. The summed E-state index contributed by atoms with van der Waals surface area (Å²) >= 11 is 5.93. The summed E-state index contributed by atoms with van der Waals surface area (Å²) in [5.41, 5.74) is 1.16. The van der Waals surface area contributed by atoms with Crippen LogP contribution in [-0.2, 0) is 10.0 Å². The Morgan fingerprint density at radius 1 is 1.00 bits per heavy atom. The first-order chi connectivity index (χ1) is 11.5. The monoisotopic (exact) mass is 366 g/mol. The molecule has 0 saturated carbocycles. The van der Waals surface area contributed by atoms with Gasteiger partial charge in [0.1, 0.15) is 10.7 Å². The first-order valence-electron chi connectivity index (χ1n) is 7.65. The maximum atomic E-state index is 11.7. The number of anilines is 2. The molecule has 1 N–H and O–H groups in total. The van der Waals surface area contributed by atoms with Crippen LogP contribution in [0.4, 0.5) is 11.5 Å². The van der Waals surface area contributed by atoms with E-state index in [-0.39, 0.29) is 4.90 Å². The van der Waals surface area contributed by atoms with Crippen molar-refractivity contribution in [3.63, 3.8) is 0 Å². The van der Waals surface area contributed by atoms with E-state index in [0.29, 0.717) is 0 Å². The topological polar surface area (TPSA) is 65.5 Å². The van der Waals surface area contributed by atoms with Gasteiger partial charge in [-0.05, 0) is 43.4 Å². The number of nitrogens with one attached hydrogen (secondary N) is 1. The van der Waals surface area contributed by atoms with Gasteiger partial charge in [0.05, 0.1) is 0 Å². The Hall–Kier alpha value is -1.83. The van der Waals surface area contributed by atoms with E-state index in [2.05, 4.69) is 19.5 Å². The van der Waals surface area contributed by atoms with Crippen molar-refractivity contribution in [2.45, 2.75) is 4.90 Å². The van der Waals surface area contributed by atoms with E-state index in [1.807, 2.05) is 24.3 Å². The van der Waals surface area contributed by atoms with E-state index in [1.165, 1.54) is 13.2 Å². The van der Waals surface area contributed by atoms with E-state index in [4.69, 9.17) is 11.6 Å². The van der Waals surface area contributed by atoms with Crippen LogP contribution in [0.3, 0.4) is 0 Å². The lowest BCUT2D eigenvalue weighted by atomic mass is 10.2. The van der Waals surface area contributed by atoms with Crippen LogP contribution in [0.1, 0.15) is 0 Å². The van der Waals surface area contributed by atoms with Crippen LogP contribution in [0.25, 0.3) is 0 Å². The second-order valence-corrected chi connectivity index (χ2v) is 7.83. The highest BCUT2D eigenvalue weighted by molar-refractivity contribution is 7.89. The Kier molecular flexibility index (Phi) is 4.93. The smallest absolute Gasteiger partial charge is 0.241 e. The second-order valence-electron chi connectivity index (χ2n) is 5.51. The molecule has 0 amide bonds. The number of halogens is 1. The summed E-state index contributed by atoms with van der Waals surface area (Å²) in [7, 11) is -2.06. The van der Waals surface area contributed by atoms with Crippen molar-refractivity contribution >= 4 is 33.1 Å². The first kappa shape index (κ1) is 17.0. The highest BCUT2D eigenvalue weighted by Crippen LogP contribution is 2.21. The number of aromatic nitrogens is 1. The van der Waals surface area contributed by atoms with Gasteiger partial charge in [-0.2, -0.15) is 0 Å². The number of piperazine rings is 1. The number of hydrogen-bond acceptors (Lipinski definition) is 5. The summed E-state index contributed by atoms with van der Waals surface area (Å²) in [5.74, 6) is 0.792. The molecule has 0 unspecified atom stereocenters. The van der Waals surface area contributed by atoms with Gasteiger partial charge < -0.3 is 9.80 Å². The molecule has 0 aliphatic carbocycles. The van der Waals surface area contributed by atoms with Crippen molar-refractivity contribution in [2.75, 3.05) is 43.0 Å². The molecule has 2 heterocycles. The zero-order valence-corrected chi connectivity index (χ0v) is 14.9. The lowest BCUT2D eigenvalue weighted by Gasteiger charge is -2.36. The van der Waals surface area contributed by atoms with Crippen molar-refractivity contribution in [1.82, 2.24) is 9.71 Å². The quantitative estimate of drug-likeness (QED) is 0.896. The van der Waals surface area contributed by atoms with Gasteiger partial charge in [-0.15, -0.1) is 0 Å². The maximum absolute atomic E-state index is 11.7. The Morgan fingerprint density at radius 3 is 2.17 bits per heavy atom.